The molecule has 0 aliphatic heterocycles. The predicted octanol–water partition coefficient (Wildman–Crippen LogP) is 0.913. The average molecular weight is 337 g/mol. The summed E-state index contributed by atoms with van der Waals surface area (Å²) in [5, 5.41) is 14.8. The fourth-order valence-corrected chi connectivity index (χ4v) is 1.94. The Balaban J connectivity index is 0.000000229. The Hall–Kier alpha value is -2.81. The van der Waals surface area contributed by atoms with Crippen molar-refractivity contribution in [3.63, 3.8) is 0 Å². The van der Waals surface area contributed by atoms with Gasteiger partial charge in [0.25, 0.3) is 5.56 Å². The van der Waals surface area contributed by atoms with Crippen LogP contribution in [0.4, 0.5) is 17.3 Å². The molecule has 3 rings (SSSR count). The second kappa shape index (κ2) is 6.97. The number of rotatable bonds is 2. The van der Waals surface area contributed by atoms with E-state index in [4.69, 9.17) is 17.3 Å². The molecule has 122 valence electrons. The van der Waals surface area contributed by atoms with Crippen molar-refractivity contribution in [2.45, 2.75) is 0 Å². The Morgan fingerprint density at radius 2 is 1.74 bits per heavy atom. The Kier molecular flexibility index (Phi) is 5.02. The lowest BCUT2D eigenvalue weighted by Crippen LogP contribution is -2.22. The van der Waals surface area contributed by atoms with Gasteiger partial charge in [-0.1, -0.05) is 11.6 Å². The van der Waals surface area contributed by atoms with Gasteiger partial charge >= 0.3 is 0 Å². The minimum Gasteiger partial charge on any atom is -0.382 e. The first-order chi connectivity index (χ1) is 10.8. The summed E-state index contributed by atoms with van der Waals surface area (Å²) in [6.07, 6.45) is 3.57. The number of nitrogens with one attached hydrogen (secondary N) is 1. The fraction of sp³-hybridized carbons (Fsp3) is 0.231. The summed E-state index contributed by atoms with van der Waals surface area (Å²) in [7, 11) is 5.16. The molecule has 0 bridgehead atoms. The molecule has 0 saturated carbocycles. The van der Waals surface area contributed by atoms with Crippen LogP contribution < -0.4 is 16.6 Å². The number of aryl methyl sites for hydroxylation is 3. The maximum Gasteiger partial charge on any atom is 0.290 e. The van der Waals surface area contributed by atoms with E-state index in [-0.39, 0.29) is 10.7 Å². The van der Waals surface area contributed by atoms with Gasteiger partial charge in [0.1, 0.15) is 11.5 Å². The van der Waals surface area contributed by atoms with Crippen LogP contribution in [-0.2, 0) is 21.1 Å². The maximum absolute atomic E-state index is 11.7. The van der Waals surface area contributed by atoms with Gasteiger partial charge in [-0.2, -0.15) is 15.3 Å². The molecule has 0 atom stereocenters. The zero-order valence-electron chi connectivity index (χ0n) is 12.9. The van der Waals surface area contributed by atoms with Gasteiger partial charge in [-0.15, -0.1) is 0 Å². The molecule has 0 unspecified atom stereocenters. The quantitative estimate of drug-likeness (QED) is 0.720. The van der Waals surface area contributed by atoms with Crippen molar-refractivity contribution < 1.29 is 0 Å². The van der Waals surface area contributed by atoms with Crippen LogP contribution in [0.3, 0.4) is 0 Å². The number of halogens is 1. The largest absolute Gasteiger partial charge is 0.382 e. The standard InChI is InChI=1S/C9H10ClN5O.C4H7N3/c1-14-4-3-8(13-14)11-6-5-7(10)12-15(2)9(6)16;1-7-3-2-4(5)6-7/h3-5H,1-2H3,(H,11,13);2-3H,1H3,(H2,5,6). The normalized spacial score (nSPS) is 10.1. The van der Waals surface area contributed by atoms with E-state index in [1.165, 1.54) is 17.8 Å². The summed E-state index contributed by atoms with van der Waals surface area (Å²) in [6.45, 7) is 0. The van der Waals surface area contributed by atoms with Crippen molar-refractivity contribution in [3.8, 4) is 0 Å². The van der Waals surface area contributed by atoms with Crippen LogP contribution in [0.15, 0.2) is 35.4 Å². The number of nitrogen functional groups attached to an aromatic ring is 1. The molecular formula is C13H17ClN8O. The van der Waals surface area contributed by atoms with Gasteiger partial charge in [0.2, 0.25) is 0 Å². The van der Waals surface area contributed by atoms with Crippen LogP contribution >= 0.6 is 11.6 Å². The zero-order valence-corrected chi connectivity index (χ0v) is 13.7. The lowest BCUT2D eigenvalue weighted by Gasteiger charge is -2.04. The Morgan fingerprint density at radius 1 is 1.09 bits per heavy atom. The molecule has 0 aromatic carbocycles. The van der Waals surface area contributed by atoms with E-state index in [0.29, 0.717) is 17.3 Å². The maximum atomic E-state index is 11.7. The zero-order chi connectivity index (χ0) is 17.0. The number of aromatic nitrogens is 6. The second-order valence-corrected chi connectivity index (χ2v) is 5.11. The molecule has 3 heterocycles. The van der Waals surface area contributed by atoms with Crippen LogP contribution in [-0.4, -0.2) is 29.3 Å². The number of hydrogen-bond acceptors (Lipinski definition) is 6. The topological polar surface area (TPSA) is 109 Å². The highest BCUT2D eigenvalue weighted by atomic mass is 35.5. The highest BCUT2D eigenvalue weighted by molar-refractivity contribution is 6.29. The predicted molar refractivity (Wildman–Crippen MR) is 88.6 cm³/mol. The number of nitrogens with two attached hydrogens (primary N) is 1. The van der Waals surface area contributed by atoms with Gasteiger partial charge in [-0.25, -0.2) is 4.68 Å². The highest BCUT2D eigenvalue weighted by Crippen LogP contribution is 2.12. The summed E-state index contributed by atoms with van der Waals surface area (Å²) in [6, 6.07) is 4.98. The summed E-state index contributed by atoms with van der Waals surface area (Å²) >= 11 is 5.76. The average Bonchev–Trinajstić information content (AvgIpc) is 3.04. The molecule has 0 fully saturated rings. The number of hydrogen-bond donors (Lipinski definition) is 2. The smallest absolute Gasteiger partial charge is 0.290 e. The molecule has 0 saturated heterocycles. The van der Waals surface area contributed by atoms with Gasteiger partial charge < -0.3 is 11.1 Å². The first-order valence-corrected chi connectivity index (χ1v) is 6.98. The molecule has 3 aromatic heterocycles. The lowest BCUT2D eigenvalue weighted by molar-refractivity contribution is 0.710. The monoisotopic (exact) mass is 336 g/mol. The third-order valence-corrected chi connectivity index (χ3v) is 2.93. The van der Waals surface area contributed by atoms with Crippen LogP contribution in [0.25, 0.3) is 0 Å². The lowest BCUT2D eigenvalue weighted by atomic mass is 10.4. The molecule has 3 aromatic rings. The third kappa shape index (κ3) is 4.58. The van der Waals surface area contributed by atoms with Crippen molar-refractivity contribution in [2.75, 3.05) is 11.1 Å². The third-order valence-electron chi connectivity index (χ3n) is 2.74. The van der Waals surface area contributed by atoms with Crippen molar-refractivity contribution in [1.82, 2.24) is 29.3 Å². The Bertz CT molecular complexity index is 833. The summed E-state index contributed by atoms with van der Waals surface area (Å²) in [5.74, 6) is 1.16. The first kappa shape index (κ1) is 16.6. The van der Waals surface area contributed by atoms with E-state index in [1.54, 1.807) is 40.9 Å². The van der Waals surface area contributed by atoms with E-state index in [2.05, 4.69) is 20.6 Å². The van der Waals surface area contributed by atoms with E-state index in [1.807, 2.05) is 7.05 Å². The van der Waals surface area contributed by atoms with Gasteiger partial charge in [0.15, 0.2) is 11.0 Å². The fourth-order valence-electron chi connectivity index (χ4n) is 1.72. The van der Waals surface area contributed by atoms with E-state index in [0.717, 1.165) is 0 Å². The van der Waals surface area contributed by atoms with Crippen molar-refractivity contribution in [1.29, 1.82) is 0 Å². The minimum absolute atomic E-state index is 0.250. The number of nitrogens with zero attached hydrogens (tertiary/aromatic N) is 6. The van der Waals surface area contributed by atoms with Crippen LogP contribution in [0.1, 0.15) is 0 Å². The van der Waals surface area contributed by atoms with Crippen molar-refractivity contribution in [2.24, 2.45) is 21.1 Å². The molecule has 9 nitrogen and oxygen atoms in total. The summed E-state index contributed by atoms with van der Waals surface area (Å²) < 4.78 is 4.47. The minimum atomic E-state index is -0.255. The molecule has 0 amide bonds. The molecular weight excluding hydrogens is 320 g/mol. The summed E-state index contributed by atoms with van der Waals surface area (Å²) in [4.78, 5) is 11.7. The van der Waals surface area contributed by atoms with Crippen LogP contribution in [0, 0.1) is 0 Å². The van der Waals surface area contributed by atoms with E-state index >= 15 is 0 Å². The Morgan fingerprint density at radius 3 is 2.22 bits per heavy atom. The summed E-state index contributed by atoms with van der Waals surface area (Å²) in [5.41, 5.74) is 5.34. The molecule has 0 aliphatic carbocycles. The van der Waals surface area contributed by atoms with Gasteiger partial charge in [-0.05, 0) is 6.07 Å². The first-order valence-electron chi connectivity index (χ1n) is 6.61. The van der Waals surface area contributed by atoms with Crippen LogP contribution in [0.2, 0.25) is 5.15 Å². The Labute approximate surface area is 137 Å². The molecule has 0 aliphatic rings. The van der Waals surface area contributed by atoms with Crippen LogP contribution in [0.5, 0.6) is 0 Å². The second-order valence-electron chi connectivity index (χ2n) is 4.72. The van der Waals surface area contributed by atoms with E-state index < -0.39 is 0 Å². The van der Waals surface area contributed by atoms with Gasteiger partial charge in [0, 0.05) is 45.7 Å². The van der Waals surface area contributed by atoms with Gasteiger partial charge in [0.05, 0.1) is 0 Å². The number of anilines is 3. The highest BCUT2D eigenvalue weighted by Gasteiger charge is 2.06. The van der Waals surface area contributed by atoms with E-state index in [9.17, 15) is 4.79 Å². The van der Waals surface area contributed by atoms with Crippen molar-refractivity contribution >= 4 is 28.9 Å². The molecule has 23 heavy (non-hydrogen) atoms. The molecule has 10 heteroatoms. The van der Waals surface area contributed by atoms with Crippen molar-refractivity contribution in [3.05, 3.63) is 46.1 Å². The molecule has 3 N–H and O–H groups in total. The SMILES string of the molecule is Cn1ccc(N)n1.Cn1ccc(Nc2cc(Cl)nn(C)c2=O)n1. The van der Waals surface area contributed by atoms with Gasteiger partial charge in [-0.3, -0.25) is 14.2 Å². The molecule has 0 radical (unpaired) electrons. The molecule has 0 spiro atoms.